The van der Waals surface area contributed by atoms with Crippen molar-refractivity contribution < 1.29 is 21.9 Å². The molecule has 2 atom stereocenters. The van der Waals surface area contributed by atoms with E-state index < -0.39 is 37.5 Å². The average Bonchev–Trinajstić information content (AvgIpc) is 2.58. The molecule has 2 aromatic carbocycles. The largest absolute Gasteiger partial charge is 0.497 e. The zero-order chi connectivity index (χ0) is 20.0. The molecule has 8 heteroatoms. The molecule has 0 radical (unpaired) electrons. The Morgan fingerprint density at radius 3 is 2.44 bits per heavy atom. The van der Waals surface area contributed by atoms with Crippen molar-refractivity contribution >= 4 is 15.7 Å². The lowest BCUT2D eigenvalue weighted by molar-refractivity contribution is 0.413. The van der Waals surface area contributed by atoms with Crippen LogP contribution in [0.3, 0.4) is 0 Å². The third kappa shape index (κ3) is 2.97. The number of amidine groups is 1. The molecule has 0 amide bonds. The zero-order valence-electron chi connectivity index (χ0n) is 15.2. The molecule has 0 unspecified atom stereocenters. The second-order valence-corrected chi connectivity index (χ2v) is 9.25. The Balaban J connectivity index is 2.20. The molecule has 0 saturated carbocycles. The van der Waals surface area contributed by atoms with Gasteiger partial charge >= 0.3 is 0 Å². The number of halogens is 2. The number of nitrogens with zero attached hydrogens (tertiary/aromatic N) is 1. The third-order valence-corrected chi connectivity index (χ3v) is 7.71. The number of ether oxygens (including phenoxy) is 1. The van der Waals surface area contributed by atoms with E-state index >= 15 is 0 Å². The standard InChI is InChI=1S/C19H20F2N2O3S/c1-18(15-8-7-13(20)10-16(15)21)11-27(24,25)19(2,17(22)23-18)12-5-4-6-14(9-12)26-3/h4-10H,11H2,1-3H3,(H2,22,23)/t18-,19-/m0/s1. The Bertz CT molecular complexity index is 1040. The number of hydrogen-bond acceptors (Lipinski definition) is 5. The van der Waals surface area contributed by atoms with Crippen LogP contribution in [0.4, 0.5) is 8.78 Å². The lowest BCUT2D eigenvalue weighted by atomic mass is 9.92. The van der Waals surface area contributed by atoms with Crippen molar-refractivity contribution in [2.45, 2.75) is 24.1 Å². The first kappa shape index (κ1) is 19.3. The summed E-state index contributed by atoms with van der Waals surface area (Å²) in [6.45, 7) is 2.94. The SMILES string of the molecule is COc1cccc([C@@]2(C)C(N)=N[C@](C)(c3ccc(F)cc3F)CS2(=O)=O)c1. The Morgan fingerprint density at radius 2 is 1.85 bits per heavy atom. The van der Waals surface area contributed by atoms with Crippen molar-refractivity contribution in [2.24, 2.45) is 10.7 Å². The predicted molar refractivity (Wildman–Crippen MR) is 99.5 cm³/mol. The molecule has 0 aliphatic carbocycles. The maximum absolute atomic E-state index is 14.3. The van der Waals surface area contributed by atoms with Crippen molar-refractivity contribution in [3.05, 3.63) is 65.2 Å². The van der Waals surface area contributed by atoms with Crippen LogP contribution in [0.5, 0.6) is 5.75 Å². The Morgan fingerprint density at radius 1 is 1.15 bits per heavy atom. The Hall–Kier alpha value is -2.48. The van der Waals surface area contributed by atoms with Gasteiger partial charge < -0.3 is 10.5 Å². The fourth-order valence-corrected chi connectivity index (χ4v) is 5.49. The highest BCUT2D eigenvalue weighted by molar-refractivity contribution is 7.93. The number of nitrogens with two attached hydrogens (primary N) is 1. The van der Waals surface area contributed by atoms with Crippen LogP contribution in [-0.4, -0.2) is 27.1 Å². The molecular weight excluding hydrogens is 374 g/mol. The summed E-state index contributed by atoms with van der Waals surface area (Å²) in [6, 6.07) is 9.53. The summed E-state index contributed by atoms with van der Waals surface area (Å²) < 4.78 is 57.7. The van der Waals surface area contributed by atoms with Crippen LogP contribution in [-0.2, 0) is 20.1 Å². The van der Waals surface area contributed by atoms with Crippen LogP contribution in [0.2, 0.25) is 0 Å². The van der Waals surface area contributed by atoms with E-state index in [4.69, 9.17) is 10.5 Å². The number of hydrogen-bond donors (Lipinski definition) is 1. The van der Waals surface area contributed by atoms with Crippen LogP contribution in [0.15, 0.2) is 47.5 Å². The first-order chi connectivity index (χ1) is 12.5. The molecule has 27 heavy (non-hydrogen) atoms. The van der Waals surface area contributed by atoms with Crippen LogP contribution < -0.4 is 10.5 Å². The summed E-state index contributed by atoms with van der Waals surface area (Å²) in [6.07, 6.45) is 0. The highest BCUT2D eigenvalue weighted by Gasteiger charge is 2.53. The minimum Gasteiger partial charge on any atom is -0.497 e. The van der Waals surface area contributed by atoms with E-state index in [0.29, 0.717) is 17.4 Å². The van der Waals surface area contributed by atoms with E-state index in [2.05, 4.69) is 4.99 Å². The second-order valence-electron chi connectivity index (χ2n) is 6.92. The van der Waals surface area contributed by atoms with Gasteiger partial charge in [0.2, 0.25) is 0 Å². The van der Waals surface area contributed by atoms with Gasteiger partial charge in [-0.25, -0.2) is 17.2 Å². The van der Waals surface area contributed by atoms with E-state index in [0.717, 1.165) is 6.07 Å². The van der Waals surface area contributed by atoms with Crippen molar-refractivity contribution in [1.82, 2.24) is 0 Å². The quantitative estimate of drug-likeness (QED) is 0.868. The van der Waals surface area contributed by atoms with E-state index in [1.165, 1.54) is 27.0 Å². The Kier molecular flexibility index (Phi) is 4.50. The topological polar surface area (TPSA) is 81.8 Å². The van der Waals surface area contributed by atoms with Gasteiger partial charge in [-0.1, -0.05) is 18.2 Å². The highest BCUT2D eigenvalue weighted by Crippen LogP contribution is 2.43. The summed E-state index contributed by atoms with van der Waals surface area (Å²) >= 11 is 0. The van der Waals surface area contributed by atoms with Gasteiger partial charge in [0.1, 0.15) is 28.8 Å². The van der Waals surface area contributed by atoms with Crippen molar-refractivity contribution in [3.8, 4) is 5.75 Å². The summed E-state index contributed by atoms with van der Waals surface area (Å²) in [5.41, 5.74) is 5.06. The molecular formula is C19H20F2N2O3S. The van der Waals surface area contributed by atoms with Gasteiger partial charge in [-0.15, -0.1) is 0 Å². The molecule has 2 aromatic rings. The molecule has 2 N–H and O–H groups in total. The second kappa shape index (κ2) is 6.30. The van der Waals surface area contributed by atoms with E-state index in [1.54, 1.807) is 24.3 Å². The lowest BCUT2D eigenvalue weighted by Crippen LogP contribution is -2.54. The molecule has 1 heterocycles. The van der Waals surface area contributed by atoms with Crippen LogP contribution in [0, 0.1) is 11.6 Å². The fourth-order valence-electron chi connectivity index (χ4n) is 3.39. The van der Waals surface area contributed by atoms with E-state index in [1.807, 2.05) is 0 Å². The highest BCUT2D eigenvalue weighted by atomic mass is 32.2. The van der Waals surface area contributed by atoms with Gasteiger partial charge in [0.25, 0.3) is 0 Å². The minimum absolute atomic E-state index is 0.0249. The van der Waals surface area contributed by atoms with Crippen molar-refractivity contribution in [2.75, 3.05) is 12.9 Å². The number of methoxy groups -OCH3 is 1. The monoisotopic (exact) mass is 394 g/mol. The predicted octanol–water partition coefficient (Wildman–Crippen LogP) is 2.89. The molecule has 0 aromatic heterocycles. The Labute approximate surface area is 156 Å². The molecule has 0 fully saturated rings. The molecule has 0 saturated heterocycles. The maximum Gasteiger partial charge on any atom is 0.169 e. The van der Waals surface area contributed by atoms with Gasteiger partial charge in [-0.2, -0.15) is 0 Å². The van der Waals surface area contributed by atoms with Crippen LogP contribution in [0.25, 0.3) is 0 Å². The van der Waals surface area contributed by atoms with E-state index in [9.17, 15) is 17.2 Å². The van der Waals surface area contributed by atoms with Gasteiger partial charge in [0, 0.05) is 11.6 Å². The maximum atomic E-state index is 14.3. The van der Waals surface area contributed by atoms with Gasteiger partial charge in [-0.05, 0) is 37.6 Å². The lowest BCUT2D eigenvalue weighted by Gasteiger charge is -2.40. The molecule has 0 bridgehead atoms. The first-order valence-electron chi connectivity index (χ1n) is 8.22. The number of aliphatic imine (C=N–C) groups is 1. The molecule has 1 aliphatic heterocycles. The third-order valence-electron chi connectivity index (χ3n) is 5.08. The van der Waals surface area contributed by atoms with Gasteiger partial charge in [0.15, 0.2) is 14.6 Å². The molecule has 0 spiro atoms. The smallest absolute Gasteiger partial charge is 0.169 e. The molecule has 1 aliphatic rings. The summed E-state index contributed by atoms with van der Waals surface area (Å²) in [7, 11) is -2.43. The van der Waals surface area contributed by atoms with Crippen LogP contribution in [0.1, 0.15) is 25.0 Å². The minimum atomic E-state index is -3.90. The average molecular weight is 394 g/mol. The van der Waals surface area contributed by atoms with Gasteiger partial charge in [-0.3, -0.25) is 4.99 Å². The van der Waals surface area contributed by atoms with Crippen molar-refractivity contribution in [3.63, 3.8) is 0 Å². The summed E-state index contributed by atoms with van der Waals surface area (Å²) in [4.78, 5) is 4.37. The molecule has 144 valence electrons. The molecule has 3 rings (SSSR count). The number of benzene rings is 2. The number of rotatable bonds is 3. The van der Waals surface area contributed by atoms with Crippen molar-refractivity contribution in [1.29, 1.82) is 0 Å². The van der Waals surface area contributed by atoms with Gasteiger partial charge in [0.05, 0.1) is 12.9 Å². The number of sulfone groups is 1. The summed E-state index contributed by atoms with van der Waals surface area (Å²) in [5, 5.41) is 0. The fraction of sp³-hybridized carbons (Fsp3) is 0.316. The zero-order valence-corrected chi connectivity index (χ0v) is 16.0. The summed E-state index contributed by atoms with van der Waals surface area (Å²) in [5.74, 6) is -1.77. The first-order valence-corrected chi connectivity index (χ1v) is 9.87. The normalized spacial score (nSPS) is 27.1. The van der Waals surface area contributed by atoms with Crippen LogP contribution >= 0.6 is 0 Å². The molecule has 5 nitrogen and oxygen atoms in total. The van der Waals surface area contributed by atoms with E-state index in [-0.39, 0.29) is 11.4 Å².